The molecule has 0 bridgehead atoms. The molecule has 2 unspecified atom stereocenters. The molecular formula is C16H28N2O2. The molecule has 0 aliphatic heterocycles. The number of hydrogen-bond donors (Lipinski definition) is 1. The number of benzene rings is 1. The Morgan fingerprint density at radius 3 is 2.30 bits per heavy atom. The summed E-state index contributed by atoms with van der Waals surface area (Å²) in [6.45, 7) is 6.64. The zero-order valence-corrected chi connectivity index (χ0v) is 13.1. The first-order valence-corrected chi connectivity index (χ1v) is 7.26. The molecule has 0 heterocycles. The van der Waals surface area contributed by atoms with E-state index < -0.39 is 0 Å². The monoisotopic (exact) mass is 280 g/mol. The maximum Gasteiger partial charge on any atom is 0.118 e. The maximum atomic E-state index is 6.03. The van der Waals surface area contributed by atoms with E-state index in [1.165, 1.54) is 5.56 Å². The van der Waals surface area contributed by atoms with Crippen molar-refractivity contribution in [2.45, 2.75) is 32.4 Å². The average molecular weight is 280 g/mol. The normalized spacial score (nSPS) is 14.3. The molecule has 1 aromatic rings. The highest BCUT2D eigenvalue weighted by Gasteiger charge is 2.22. The van der Waals surface area contributed by atoms with Gasteiger partial charge in [0.25, 0.3) is 0 Å². The Morgan fingerprint density at radius 1 is 1.20 bits per heavy atom. The van der Waals surface area contributed by atoms with Crippen molar-refractivity contribution >= 4 is 0 Å². The Bertz CT molecular complexity index is 367. The van der Waals surface area contributed by atoms with E-state index in [-0.39, 0.29) is 6.04 Å². The summed E-state index contributed by atoms with van der Waals surface area (Å²) in [4.78, 5) is 2.42. The van der Waals surface area contributed by atoms with E-state index in [1.807, 2.05) is 12.1 Å². The molecule has 2 N–H and O–H groups in total. The Balaban J connectivity index is 2.91. The summed E-state index contributed by atoms with van der Waals surface area (Å²) in [5.74, 6) is 0.872. The summed E-state index contributed by atoms with van der Waals surface area (Å²) in [7, 11) is 3.42. The van der Waals surface area contributed by atoms with Gasteiger partial charge in [0, 0.05) is 32.3 Å². The fourth-order valence-electron chi connectivity index (χ4n) is 2.40. The third-order valence-corrected chi connectivity index (χ3v) is 3.83. The van der Waals surface area contributed by atoms with Crippen molar-refractivity contribution in [1.29, 1.82) is 0 Å². The quantitative estimate of drug-likeness (QED) is 0.755. The smallest absolute Gasteiger partial charge is 0.118 e. The summed E-state index contributed by atoms with van der Waals surface area (Å²) in [6.07, 6.45) is 1.09. The van der Waals surface area contributed by atoms with Gasteiger partial charge in [0.15, 0.2) is 0 Å². The standard InChI is InChI=1S/C16H28N2O2/c1-5-13(2)18(10-11-19-3)16(12-17)14-6-8-15(20-4)9-7-14/h6-9,13,16H,5,10-12,17H2,1-4H3. The summed E-state index contributed by atoms with van der Waals surface area (Å²) in [5.41, 5.74) is 7.25. The van der Waals surface area contributed by atoms with Gasteiger partial charge in [-0.1, -0.05) is 19.1 Å². The summed E-state index contributed by atoms with van der Waals surface area (Å²) in [6, 6.07) is 8.86. The molecule has 1 rings (SSSR count). The first kappa shape index (κ1) is 17.0. The van der Waals surface area contributed by atoms with Gasteiger partial charge in [-0.3, -0.25) is 4.90 Å². The molecule has 0 aliphatic rings. The Morgan fingerprint density at radius 2 is 1.85 bits per heavy atom. The van der Waals surface area contributed by atoms with Crippen LogP contribution in [-0.2, 0) is 4.74 Å². The van der Waals surface area contributed by atoms with Gasteiger partial charge in [0.2, 0.25) is 0 Å². The van der Waals surface area contributed by atoms with Crippen LogP contribution >= 0.6 is 0 Å². The lowest BCUT2D eigenvalue weighted by Crippen LogP contribution is -2.41. The van der Waals surface area contributed by atoms with Gasteiger partial charge in [-0.25, -0.2) is 0 Å². The summed E-state index contributed by atoms with van der Waals surface area (Å²) >= 11 is 0. The van der Waals surface area contributed by atoms with E-state index in [2.05, 4.69) is 30.9 Å². The lowest BCUT2D eigenvalue weighted by atomic mass is 10.0. The minimum atomic E-state index is 0.214. The molecule has 114 valence electrons. The second kappa shape index (κ2) is 8.95. The van der Waals surface area contributed by atoms with E-state index >= 15 is 0 Å². The first-order chi connectivity index (χ1) is 9.67. The number of rotatable bonds is 9. The van der Waals surface area contributed by atoms with Crippen LogP contribution in [-0.4, -0.2) is 44.9 Å². The van der Waals surface area contributed by atoms with Gasteiger partial charge >= 0.3 is 0 Å². The van der Waals surface area contributed by atoms with Crippen LogP contribution in [0, 0.1) is 0 Å². The summed E-state index contributed by atoms with van der Waals surface area (Å²) in [5, 5.41) is 0. The van der Waals surface area contributed by atoms with Crippen LogP contribution in [0.5, 0.6) is 5.75 Å². The SMILES string of the molecule is CCC(C)N(CCOC)C(CN)c1ccc(OC)cc1. The maximum absolute atomic E-state index is 6.03. The van der Waals surface area contributed by atoms with Crippen LogP contribution in [0.3, 0.4) is 0 Å². The molecule has 4 heteroatoms. The van der Waals surface area contributed by atoms with Crippen LogP contribution < -0.4 is 10.5 Å². The van der Waals surface area contributed by atoms with Crippen molar-refractivity contribution in [1.82, 2.24) is 4.90 Å². The summed E-state index contributed by atoms with van der Waals surface area (Å²) < 4.78 is 10.4. The molecule has 0 saturated heterocycles. The topological polar surface area (TPSA) is 47.7 Å². The first-order valence-electron chi connectivity index (χ1n) is 7.26. The average Bonchev–Trinajstić information content (AvgIpc) is 2.51. The largest absolute Gasteiger partial charge is 0.497 e. The van der Waals surface area contributed by atoms with Crippen LogP contribution in [0.15, 0.2) is 24.3 Å². The number of nitrogens with zero attached hydrogens (tertiary/aromatic N) is 1. The number of ether oxygens (including phenoxy) is 2. The van der Waals surface area contributed by atoms with E-state index in [4.69, 9.17) is 15.2 Å². The highest BCUT2D eigenvalue weighted by Crippen LogP contribution is 2.25. The molecule has 0 amide bonds. The van der Waals surface area contributed by atoms with E-state index in [1.54, 1.807) is 14.2 Å². The minimum absolute atomic E-state index is 0.214. The molecule has 1 aromatic carbocycles. The zero-order chi connectivity index (χ0) is 15.0. The molecule has 4 nitrogen and oxygen atoms in total. The van der Waals surface area contributed by atoms with Crippen LogP contribution in [0.1, 0.15) is 31.9 Å². The van der Waals surface area contributed by atoms with Gasteiger partial charge in [0.1, 0.15) is 5.75 Å². The third kappa shape index (κ3) is 4.47. The molecule has 0 spiro atoms. The van der Waals surface area contributed by atoms with Crippen molar-refractivity contribution < 1.29 is 9.47 Å². The predicted molar refractivity (Wildman–Crippen MR) is 83.1 cm³/mol. The molecule has 0 aromatic heterocycles. The third-order valence-electron chi connectivity index (χ3n) is 3.83. The van der Waals surface area contributed by atoms with Crippen molar-refractivity contribution in [2.75, 3.05) is 33.9 Å². The van der Waals surface area contributed by atoms with Crippen molar-refractivity contribution in [3.63, 3.8) is 0 Å². The molecule has 2 atom stereocenters. The van der Waals surface area contributed by atoms with Crippen LogP contribution in [0.25, 0.3) is 0 Å². The van der Waals surface area contributed by atoms with Gasteiger partial charge in [-0.05, 0) is 31.0 Å². The Hall–Kier alpha value is -1.10. The van der Waals surface area contributed by atoms with E-state index in [0.717, 1.165) is 25.3 Å². The highest BCUT2D eigenvalue weighted by atomic mass is 16.5. The molecule has 0 fully saturated rings. The molecule has 20 heavy (non-hydrogen) atoms. The van der Waals surface area contributed by atoms with Gasteiger partial charge in [-0.15, -0.1) is 0 Å². The van der Waals surface area contributed by atoms with E-state index in [0.29, 0.717) is 12.6 Å². The molecule has 0 radical (unpaired) electrons. The van der Waals surface area contributed by atoms with Gasteiger partial charge < -0.3 is 15.2 Å². The van der Waals surface area contributed by atoms with Crippen molar-refractivity contribution in [2.24, 2.45) is 5.73 Å². The lowest BCUT2D eigenvalue weighted by Gasteiger charge is -2.35. The van der Waals surface area contributed by atoms with E-state index in [9.17, 15) is 0 Å². The minimum Gasteiger partial charge on any atom is -0.497 e. The van der Waals surface area contributed by atoms with Gasteiger partial charge in [0.05, 0.1) is 13.7 Å². The lowest BCUT2D eigenvalue weighted by molar-refractivity contribution is 0.0902. The highest BCUT2D eigenvalue weighted by molar-refractivity contribution is 5.29. The van der Waals surface area contributed by atoms with Crippen LogP contribution in [0.4, 0.5) is 0 Å². The number of nitrogens with two attached hydrogens (primary N) is 1. The molecule has 0 aliphatic carbocycles. The predicted octanol–water partition coefficient (Wildman–Crippen LogP) is 2.44. The van der Waals surface area contributed by atoms with Gasteiger partial charge in [-0.2, -0.15) is 0 Å². The molecular weight excluding hydrogens is 252 g/mol. The zero-order valence-electron chi connectivity index (χ0n) is 13.1. The second-order valence-corrected chi connectivity index (χ2v) is 5.01. The number of hydrogen-bond acceptors (Lipinski definition) is 4. The number of methoxy groups -OCH3 is 2. The van der Waals surface area contributed by atoms with Crippen molar-refractivity contribution in [3.8, 4) is 5.75 Å². The Kier molecular flexibility index (Phi) is 7.59. The van der Waals surface area contributed by atoms with Crippen molar-refractivity contribution in [3.05, 3.63) is 29.8 Å². The second-order valence-electron chi connectivity index (χ2n) is 5.01. The fraction of sp³-hybridized carbons (Fsp3) is 0.625. The fourth-order valence-corrected chi connectivity index (χ4v) is 2.40. The Labute approximate surface area is 122 Å². The van der Waals surface area contributed by atoms with Crippen LogP contribution in [0.2, 0.25) is 0 Å². The molecule has 0 saturated carbocycles.